The van der Waals surface area contributed by atoms with Crippen molar-refractivity contribution in [3.05, 3.63) is 53.6 Å². The summed E-state index contributed by atoms with van der Waals surface area (Å²) in [7, 11) is 1.91. The van der Waals surface area contributed by atoms with E-state index < -0.39 is 0 Å². The van der Waals surface area contributed by atoms with Gasteiger partial charge in [0.2, 0.25) is 5.91 Å². The molecule has 1 heterocycles. The molecule has 0 saturated heterocycles. The molecule has 0 aliphatic carbocycles. The van der Waals surface area contributed by atoms with Gasteiger partial charge in [0, 0.05) is 11.9 Å². The lowest BCUT2D eigenvalue weighted by Gasteiger charge is -2.18. The van der Waals surface area contributed by atoms with Gasteiger partial charge in [-0.15, -0.1) is 0 Å². The summed E-state index contributed by atoms with van der Waals surface area (Å²) in [6, 6.07) is 9.96. The van der Waals surface area contributed by atoms with Crippen LogP contribution in [0.2, 0.25) is 0 Å². The Kier molecular flexibility index (Phi) is 5.11. The molecule has 0 bridgehead atoms. The third kappa shape index (κ3) is 4.72. The van der Waals surface area contributed by atoms with Crippen LogP contribution in [0.1, 0.15) is 30.0 Å². The van der Waals surface area contributed by atoms with Gasteiger partial charge >= 0.3 is 0 Å². The van der Waals surface area contributed by atoms with E-state index >= 15 is 0 Å². The lowest BCUT2D eigenvalue weighted by Crippen LogP contribution is -2.36. The number of hydrogen-bond acceptors (Lipinski definition) is 3. The molecule has 2 aromatic rings. The number of rotatable bonds is 6. The van der Waals surface area contributed by atoms with Crippen molar-refractivity contribution >= 4 is 5.91 Å². The lowest BCUT2D eigenvalue weighted by molar-refractivity contribution is -0.122. The summed E-state index contributed by atoms with van der Waals surface area (Å²) in [5.41, 5.74) is 2.13. The third-order valence-corrected chi connectivity index (χ3v) is 3.27. The van der Waals surface area contributed by atoms with Gasteiger partial charge in [0.1, 0.15) is 5.82 Å². The molecule has 0 saturated carbocycles. The van der Waals surface area contributed by atoms with E-state index in [1.54, 1.807) is 6.20 Å². The number of nitrogens with one attached hydrogen (secondary N) is 2. The highest BCUT2D eigenvalue weighted by atomic mass is 16.2. The zero-order valence-electron chi connectivity index (χ0n) is 12.8. The Balaban J connectivity index is 1.81. The average Bonchev–Trinajstić information content (AvgIpc) is 2.84. The van der Waals surface area contributed by atoms with Crippen molar-refractivity contribution in [1.29, 1.82) is 0 Å². The van der Waals surface area contributed by atoms with E-state index in [0.29, 0.717) is 13.1 Å². The predicted molar refractivity (Wildman–Crippen MR) is 82.7 cm³/mol. The molecule has 1 amide bonds. The number of carbonyl (C=O) groups is 1. The maximum absolute atomic E-state index is 12.0. The van der Waals surface area contributed by atoms with Gasteiger partial charge < -0.3 is 10.3 Å². The van der Waals surface area contributed by atoms with Crippen molar-refractivity contribution in [3.8, 4) is 0 Å². The first kappa shape index (κ1) is 15.3. The molecule has 2 N–H and O–H groups in total. The molecule has 1 atom stereocenters. The Morgan fingerprint density at radius 1 is 1.38 bits per heavy atom. The highest BCUT2D eigenvalue weighted by Crippen LogP contribution is 2.10. The fourth-order valence-electron chi connectivity index (χ4n) is 2.22. The quantitative estimate of drug-likeness (QED) is 0.854. The first-order chi connectivity index (χ1) is 10.0. The zero-order chi connectivity index (χ0) is 15.2. The number of aromatic nitrogens is 2. The van der Waals surface area contributed by atoms with E-state index in [1.807, 2.05) is 56.1 Å². The van der Waals surface area contributed by atoms with Gasteiger partial charge in [-0.1, -0.05) is 30.3 Å². The van der Waals surface area contributed by atoms with E-state index in [1.165, 1.54) is 0 Å². The number of likely N-dealkylation sites (N-methyl/N-ethyl adjacent to an activating group) is 1. The smallest absolute Gasteiger partial charge is 0.234 e. The van der Waals surface area contributed by atoms with E-state index in [9.17, 15) is 4.79 Å². The SMILES string of the molecule is Cc1cnc(CN(C)CC(=O)NC(C)c2ccccc2)[nH]1. The van der Waals surface area contributed by atoms with Crippen molar-refractivity contribution in [2.75, 3.05) is 13.6 Å². The zero-order valence-corrected chi connectivity index (χ0v) is 12.8. The van der Waals surface area contributed by atoms with Crippen molar-refractivity contribution in [3.63, 3.8) is 0 Å². The molecule has 0 spiro atoms. The summed E-state index contributed by atoms with van der Waals surface area (Å²) in [6.45, 7) is 4.92. The second-order valence-corrected chi connectivity index (χ2v) is 5.39. The largest absolute Gasteiger partial charge is 0.348 e. The van der Waals surface area contributed by atoms with Crippen LogP contribution in [0.25, 0.3) is 0 Å². The summed E-state index contributed by atoms with van der Waals surface area (Å²) in [5.74, 6) is 0.885. The van der Waals surface area contributed by atoms with Gasteiger partial charge in [-0.05, 0) is 26.5 Å². The van der Waals surface area contributed by atoms with E-state index in [-0.39, 0.29) is 11.9 Å². The number of benzene rings is 1. The summed E-state index contributed by atoms with van der Waals surface area (Å²) in [4.78, 5) is 21.4. The molecule has 1 aromatic heterocycles. The molecule has 5 heteroatoms. The maximum atomic E-state index is 12.0. The third-order valence-electron chi connectivity index (χ3n) is 3.27. The summed E-state index contributed by atoms with van der Waals surface area (Å²) < 4.78 is 0. The number of aromatic amines is 1. The van der Waals surface area contributed by atoms with Crippen LogP contribution >= 0.6 is 0 Å². The fourth-order valence-corrected chi connectivity index (χ4v) is 2.22. The van der Waals surface area contributed by atoms with Crippen molar-refractivity contribution < 1.29 is 4.79 Å². The van der Waals surface area contributed by atoms with Crippen LogP contribution in [-0.4, -0.2) is 34.4 Å². The molecule has 1 unspecified atom stereocenters. The first-order valence-electron chi connectivity index (χ1n) is 7.08. The van der Waals surface area contributed by atoms with Gasteiger partial charge in [-0.2, -0.15) is 0 Å². The van der Waals surface area contributed by atoms with Crippen LogP contribution in [0.15, 0.2) is 36.5 Å². The number of aryl methyl sites for hydroxylation is 1. The van der Waals surface area contributed by atoms with E-state index in [4.69, 9.17) is 0 Å². The standard InChI is InChI=1S/C16H22N4O/c1-12-9-17-15(18-12)10-20(3)11-16(21)19-13(2)14-7-5-4-6-8-14/h4-9,13H,10-11H2,1-3H3,(H,17,18)(H,19,21). The fraction of sp³-hybridized carbons (Fsp3) is 0.375. The molecular weight excluding hydrogens is 264 g/mol. The Bertz CT molecular complexity index is 579. The Morgan fingerprint density at radius 2 is 2.10 bits per heavy atom. The van der Waals surface area contributed by atoms with Gasteiger partial charge in [0.05, 0.1) is 19.1 Å². The van der Waals surface area contributed by atoms with Crippen LogP contribution in [0, 0.1) is 6.92 Å². The molecule has 5 nitrogen and oxygen atoms in total. The van der Waals surface area contributed by atoms with E-state index in [0.717, 1.165) is 17.1 Å². The summed E-state index contributed by atoms with van der Waals surface area (Å²) in [5, 5.41) is 3.01. The Labute approximate surface area is 125 Å². The van der Waals surface area contributed by atoms with Gasteiger partial charge in [0.25, 0.3) is 0 Å². The maximum Gasteiger partial charge on any atom is 0.234 e. The molecule has 1 aromatic carbocycles. The highest BCUT2D eigenvalue weighted by molar-refractivity contribution is 5.78. The number of carbonyl (C=O) groups excluding carboxylic acids is 1. The molecular formula is C16H22N4O. The normalized spacial score (nSPS) is 12.4. The average molecular weight is 286 g/mol. The van der Waals surface area contributed by atoms with Crippen LogP contribution in [0.4, 0.5) is 0 Å². The number of imidazole rings is 1. The van der Waals surface area contributed by atoms with Crippen molar-refractivity contribution in [2.45, 2.75) is 26.4 Å². The number of nitrogens with zero attached hydrogens (tertiary/aromatic N) is 2. The summed E-state index contributed by atoms with van der Waals surface area (Å²) >= 11 is 0. The lowest BCUT2D eigenvalue weighted by atomic mass is 10.1. The van der Waals surface area contributed by atoms with Crippen molar-refractivity contribution in [2.24, 2.45) is 0 Å². The van der Waals surface area contributed by atoms with Crippen LogP contribution in [-0.2, 0) is 11.3 Å². The summed E-state index contributed by atoms with van der Waals surface area (Å²) in [6.07, 6.45) is 1.79. The molecule has 0 fully saturated rings. The molecule has 21 heavy (non-hydrogen) atoms. The topological polar surface area (TPSA) is 61.0 Å². The van der Waals surface area contributed by atoms with Crippen LogP contribution < -0.4 is 5.32 Å². The van der Waals surface area contributed by atoms with Crippen molar-refractivity contribution in [1.82, 2.24) is 20.2 Å². The Morgan fingerprint density at radius 3 is 2.71 bits per heavy atom. The van der Waals surface area contributed by atoms with Gasteiger partial charge in [0.15, 0.2) is 0 Å². The van der Waals surface area contributed by atoms with Gasteiger partial charge in [-0.3, -0.25) is 9.69 Å². The van der Waals surface area contributed by atoms with E-state index in [2.05, 4.69) is 15.3 Å². The minimum atomic E-state index is 0.0112. The first-order valence-corrected chi connectivity index (χ1v) is 7.08. The second-order valence-electron chi connectivity index (χ2n) is 5.39. The molecule has 2 rings (SSSR count). The second kappa shape index (κ2) is 7.04. The predicted octanol–water partition coefficient (Wildman–Crippen LogP) is 2.03. The van der Waals surface area contributed by atoms with Crippen LogP contribution in [0.3, 0.4) is 0 Å². The molecule has 112 valence electrons. The minimum Gasteiger partial charge on any atom is -0.348 e. The number of amides is 1. The van der Waals surface area contributed by atoms with Gasteiger partial charge in [-0.25, -0.2) is 4.98 Å². The number of H-pyrrole nitrogens is 1. The molecule has 0 aliphatic rings. The Hall–Kier alpha value is -2.14. The minimum absolute atomic E-state index is 0.0112. The van der Waals surface area contributed by atoms with Crippen LogP contribution in [0.5, 0.6) is 0 Å². The molecule has 0 aliphatic heterocycles. The number of hydrogen-bond donors (Lipinski definition) is 2. The highest BCUT2D eigenvalue weighted by Gasteiger charge is 2.12. The molecule has 0 radical (unpaired) electrons. The monoisotopic (exact) mass is 286 g/mol.